The smallest absolute Gasteiger partial charge is 0.435 e. The number of benzene rings is 2. The van der Waals surface area contributed by atoms with E-state index in [2.05, 4.69) is 0 Å². The van der Waals surface area contributed by atoms with Crippen LogP contribution >= 0.6 is 0 Å². The van der Waals surface area contributed by atoms with Gasteiger partial charge in [-0.05, 0) is 54.5 Å². The zero-order chi connectivity index (χ0) is 28.0. The number of amides is 1. The third kappa shape index (κ3) is 4.63. The summed E-state index contributed by atoms with van der Waals surface area (Å²) in [5.74, 6) is -2.71. The second-order valence-electron chi connectivity index (χ2n) is 9.59. The number of likely N-dealkylation sites (tertiary alicyclic amines) is 1. The molecule has 206 valence electrons. The summed E-state index contributed by atoms with van der Waals surface area (Å²) in [4.78, 5) is 26.3. The number of rotatable bonds is 6. The van der Waals surface area contributed by atoms with Gasteiger partial charge in [0.2, 0.25) is 0 Å². The van der Waals surface area contributed by atoms with E-state index >= 15 is 0 Å². The molecule has 0 spiro atoms. The SMILES string of the molecule is O=C(O)C(CCO)c1ccc(C(=O)N2CC[C@H]3c4ccc(C(F)(C(F)(F)F)C(F)(F)F)cc4CC[C@H]32)cc1. The first-order valence-electron chi connectivity index (χ1n) is 11.9. The number of aliphatic hydroxyl groups is 1. The number of fused-ring (bicyclic) bond motifs is 3. The van der Waals surface area contributed by atoms with Crippen LogP contribution in [0.4, 0.5) is 30.7 Å². The van der Waals surface area contributed by atoms with E-state index in [-0.39, 0.29) is 49.3 Å². The molecule has 1 aliphatic heterocycles. The van der Waals surface area contributed by atoms with Crippen molar-refractivity contribution < 1.29 is 50.5 Å². The van der Waals surface area contributed by atoms with Crippen LogP contribution in [-0.2, 0) is 16.9 Å². The Balaban J connectivity index is 1.56. The molecule has 0 radical (unpaired) electrons. The fraction of sp³-hybridized carbons (Fsp3) is 0.462. The lowest BCUT2D eigenvalue weighted by Crippen LogP contribution is -2.50. The van der Waals surface area contributed by atoms with Crippen molar-refractivity contribution in [2.75, 3.05) is 13.2 Å². The Hall–Kier alpha value is -3.15. The van der Waals surface area contributed by atoms with Crippen molar-refractivity contribution in [2.45, 2.75) is 61.6 Å². The molecular formula is C26H24F7NO4. The molecule has 12 heteroatoms. The van der Waals surface area contributed by atoms with E-state index < -0.39 is 35.5 Å². The molecule has 0 saturated carbocycles. The average Bonchev–Trinajstić information content (AvgIpc) is 3.29. The van der Waals surface area contributed by atoms with Crippen LogP contribution in [0, 0.1) is 0 Å². The lowest BCUT2D eigenvalue weighted by Gasteiger charge is -2.35. The molecule has 4 rings (SSSR count). The Morgan fingerprint density at radius 1 is 0.947 bits per heavy atom. The Morgan fingerprint density at radius 3 is 2.13 bits per heavy atom. The van der Waals surface area contributed by atoms with Gasteiger partial charge in [-0.3, -0.25) is 9.59 Å². The third-order valence-corrected chi connectivity index (χ3v) is 7.51. The quantitative estimate of drug-likeness (QED) is 0.471. The molecule has 38 heavy (non-hydrogen) atoms. The van der Waals surface area contributed by atoms with Gasteiger partial charge >= 0.3 is 24.0 Å². The van der Waals surface area contributed by atoms with Crippen molar-refractivity contribution in [2.24, 2.45) is 0 Å². The number of carbonyl (C=O) groups is 2. The van der Waals surface area contributed by atoms with Gasteiger partial charge in [0.1, 0.15) is 0 Å². The summed E-state index contributed by atoms with van der Waals surface area (Å²) < 4.78 is 93.8. The molecule has 2 aromatic rings. The van der Waals surface area contributed by atoms with Crippen molar-refractivity contribution in [1.82, 2.24) is 4.90 Å². The maximum absolute atomic E-state index is 14.5. The van der Waals surface area contributed by atoms with Gasteiger partial charge in [0.15, 0.2) is 0 Å². The summed E-state index contributed by atoms with van der Waals surface area (Å²) in [7, 11) is 0. The Kier molecular flexibility index (Phi) is 7.24. The molecule has 5 nitrogen and oxygen atoms in total. The molecule has 1 saturated heterocycles. The second kappa shape index (κ2) is 9.87. The predicted molar refractivity (Wildman–Crippen MR) is 120 cm³/mol. The van der Waals surface area contributed by atoms with Gasteiger partial charge in [0.25, 0.3) is 5.91 Å². The molecule has 1 amide bonds. The van der Waals surface area contributed by atoms with Gasteiger partial charge in [-0.1, -0.05) is 30.3 Å². The number of aliphatic hydroxyl groups excluding tert-OH is 1. The number of hydrogen-bond acceptors (Lipinski definition) is 3. The first-order valence-corrected chi connectivity index (χ1v) is 11.9. The lowest BCUT2D eigenvalue weighted by molar-refractivity contribution is -0.348. The molecule has 0 bridgehead atoms. The number of alkyl halides is 7. The highest BCUT2D eigenvalue weighted by Crippen LogP contribution is 2.54. The van der Waals surface area contributed by atoms with Crippen LogP contribution < -0.4 is 0 Å². The fourth-order valence-electron chi connectivity index (χ4n) is 5.60. The van der Waals surface area contributed by atoms with Gasteiger partial charge in [-0.15, -0.1) is 0 Å². The number of aryl methyl sites for hydroxylation is 1. The molecule has 1 heterocycles. The van der Waals surface area contributed by atoms with Gasteiger partial charge in [-0.2, -0.15) is 26.3 Å². The summed E-state index contributed by atoms with van der Waals surface area (Å²) in [5.41, 5.74) is -5.60. The summed E-state index contributed by atoms with van der Waals surface area (Å²) >= 11 is 0. The normalized spacial score (nSPS) is 20.6. The van der Waals surface area contributed by atoms with Crippen LogP contribution in [-0.4, -0.2) is 58.5 Å². The number of carboxylic acids is 1. The molecular weight excluding hydrogens is 523 g/mol. The third-order valence-electron chi connectivity index (χ3n) is 7.51. The van der Waals surface area contributed by atoms with Gasteiger partial charge in [0, 0.05) is 36.2 Å². The van der Waals surface area contributed by atoms with Crippen LogP contribution in [0.1, 0.15) is 63.7 Å². The minimum absolute atomic E-state index is 0.00902. The van der Waals surface area contributed by atoms with Crippen molar-refractivity contribution in [1.29, 1.82) is 0 Å². The first-order chi connectivity index (χ1) is 17.7. The molecule has 2 aliphatic rings. The molecule has 3 atom stereocenters. The lowest BCUT2D eigenvalue weighted by atomic mass is 9.77. The highest BCUT2D eigenvalue weighted by atomic mass is 19.4. The van der Waals surface area contributed by atoms with Crippen LogP contribution in [0.15, 0.2) is 42.5 Å². The number of hydrogen-bond donors (Lipinski definition) is 2. The molecule has 0 aromatic heterocycles. The van der Waals surface area contributed by atoms with E-state index in [1.54, 1.807) is 4.90 Å². The monoisotopic (exact) mass is 547 g/mol. The second-order valence-corrected chi connectivity index (χ2v) is 9.59. The minimum Gasteiger partial charge on any atom is -0.481 e. The first kappa shape index (κ1) is 27.9. The maximum atomic E-state index is 14.5. The topological polar surface area (TPSA) is 77.8 Å². The molecule has 2 aromatic carbocycles. The minimum atomic E-state index is -6.19. The van der Waals surface area contributed by atoms with Crippen LogP contribution in [0.25, 0.3) is 0 Å². The van der Waals surface area contributed by atoms with E-state index in [1.165, 1.54) is 24.3 Å². The molecule has 1 aliphatic carbocycles. The Labute approximate surface area is 212 Å². The zero-order valence-corrected chi connectivity index (χ0v) is 19.8. The zero-order valence-electron chi connectivity index (χ0n) is 19.8. The molecule has 2 N–H and O–H groups in total. The van der Waals surface area contributed by atoms with Crippen molar-refractivity contribution >= 4 is 11.9 Å². The van der Waals surface area contributed by atoms with Crippen molar-refractivity contribution in [3.8, 4) is 0 Å². The summed E-state index contributed by atoms with van der Waals surface area (Å²) in [5, 5.41) is 18.4. The standard InChI is InChI=1S/C26H24F7NO4/c27-24(25(28,29)30,26(31,32)33)17-6-7-18-16(13-17)5-8-21-20(18)9-11-34(21)22(36)15-3-1-14(2-4-15)19(10-12-35)23(37)38/h1-4,6-7,13,19-21,35H,5,8-12H2,(H,37,38)/t19?,20-,21+/m0/s1. The van der Waals surface area contributed by atoms with Gasteiger partial charge in [0.05, 0.1) is 5.92 Å². The molecule has 1 fully saturated rings. The maximum Gasteiger partial charge on any atom is 0.435 e. The van der Waals surface area contributed by atoms with Crippen LogP contribution in [0.3, 0.4) is 0 Å². The van der Waals surface area contributed by atoms with Crippen molar-refractivity contribution in [3.05, 3.63) is 70.3 Å². The van der Waals surface area contributed by atoms with Gasteiger partial charge in [-0.25, -0.2) is 4.39 Å². The summed E-state index contributed by atoms with van der Waals surface area (Å²) in [6.07, 6.45) is -11.6. The van der Waals surface area contributed by atoms with Crippen molar-refractivity contribution in [3.63, 3.8) is 0 Å². The average molecular weight is 547 g/mol. The fourth-order valence-corrected chi connectivity index (χ4v) is 5.60. The largest absolute Gasteiger partial charge is 0.481 e. The van der Waals surface area contributed by atoms with E-state index in [0.29, 0.717) is 41.8 Å². The summed E-state index contributed by atoms with van der Waals surface area (Å²) in [6.45, 7) is -0.0201. The number of aliphatic carboxylic acids is 1. The van der Waals surface area contributed by atoms with E-state index in [0.717, 1.165) is 6.07 Å². The van der Waals surface area contributed by atoms with E-state index in [1.807, 2.05) is 0 Å². The van der Waals surface area contributed by atoms with Crippen LogP contribution in [0.5, 0.6) is 0 Å². The number of halogens is 7. The predicted octanol–water partition coefficient (Wildman–Crippen LogP) is 5.47. The number of carboxylic acid groups (broad SMARTS) is 1. The van der Waals surface area contributed by atoms with E-state index in [9.17, 15) is 45.4 Å². The van der Waals surface area contributed by atoms with E-state index in [4.69, 9.17) is 5.11 Å². The van der Waals surface area contributed by atoms with Gasteiger partial charge < -0.3 is 15.1 Å². The highest BCUT2D eigenvalue weighted by Gasteiger charge is 2.73. The summed E-state index contributed by atoms with van der Waals surface area (Å²) in [6, 6.07) is 7.88. The highest BCUT2D eigenvalue weighted by molar-refractivity contribution is 5.95. The number of carbonyl (C=O) groups excluding carboxylic acids is 1. The number of nitrogens with zero attached hydrogens (tertiary/aromatic N) is 1. The van der Waals surface area contributed by atoms with Crippen LogP contribution in [0.2, 0.25) is 0 Å². The Morgan fingerprint density at radius 2 is 1.58 bits per heavy atom. The molecule has 1 unspecified atom stereocenters. The Bertz CT molecular complexity index is 1200.